The van der Waals surface area contributed by atoms with Gasteiger partial charge in [-0.25, -0.2) is 0 Å². The van der Waals surface area contributed by atoms with Gasteiger partial charge in [-0.05, 0) is 59.5 Å². The van der Waals surface area contributed by atoms with Crippen LogP contribution in [0.3, 0.4) is 0 Å². The molecule has 0 spiro atoms. The first kappa shape index (κ1) is 30.8. The molecular formula is C36H39N5O5. The molecule has 0 bridgehead atoms. The van der Waals surface area contributed by atoms with E-state index >= 15 is 4.79 Å². The molecule has 1 aliphatic heterocycles. The zero-order valence-electron chi connectivity index (χ0n) is 26.5. The summed E-state index contributed by atoms with van der Waals surface area (Å²) in [4.78, 5) is 37.3. The highest BCUT2D eigenvalue weighted by atomic mass is 16.5. The number of nitrogens with zero attached hydrogens (tertiary/aromatic N) is 1. The number of ether oxygens (including phenoxy) is 3. The third kappa shape index (κ3) is 5.67. The first-order valence-corrected chi connectivity index (χ1v) is 15.3. The number of hydrogen-bond donors (Lipinski definition) is 4. The quantitative estimate of drug-likeness (QED) is 0.150. The number of carbonyl (C=O) groups is 2. The van der Waals surface area contributed by atoms with Gasteiger partial charge in [-0.1, -0.05) is 30.4 Å². The van der Waals surface area contributed by atoms with Crippen molar-refractivity contribution in [1.82, 2.24) is 25.5 Å². The Morgan fingerprint density at radius 2 is 1.52 bits per heavy atom. The summed E-state index contributed by atoms with van der Waals surface area (Å²) < 4.78 is 16.6. The van der Waals surface area contributed by atoms with E-state index in [0.717, 1.165) is 44.9 Å². The van der Waals surface area contributed by atoms with Gasteiger partial charge in [-0.2, -0.15) is 0 Å². The maximum atomic E-state index is 15.1. The standard InChI is InChI=1S/C36H39N5O5/c1-23(42)40-36(41-14-8-5-9-15-41,35(43)39-20-24-16-26(45-3)18-27(17-24)46-4)34(30-21-37-32-11-7-6-10-28(30)32)31-22-38-33-13-12-25(44-2)19-29(31)33/h5-8,10-13,16-19,21-22,34,37-38H,9,14-15,20H2,1-4H3,(H,39,43)(H,40,42). The Morgan fingerprint density at radius 3 is 2.17 bits per heavy atom. The van der Waals surface area contributed by atoms with Crippen molar-refractivity contribution in [1.29, 1.82) is 0 Å². The lowest BCUT2D eigenvalue weighted by Crippen LogP contribution is -2.71. The fourth-order valence-corrected chi connectivity index (χ4v) is 6.62. The molecule has 4 N–H and O–H groups in total. The molecule has 3 aromatic carbocycles. The van der Waals surface area contributed by atoms with Crippen molar-refractivity contribution in [2.75, 3.05) is 34.4 Å². The van der Waals surface area contributed by atoms with Crippen LogP contribution in [0.2, 0.25) is 0 Å². The van der Waals surface area contributed by atoms with Gasteiger partial charge in [0.1, 0.15) is 17.2 Å². The van der Waals surface area contributed by atoms with Crippen LogP contribution in [0.5, 0.6) is 17.2 Å². The topological polar surface area (TPSA) is 121 Å². The van der Waals surface area contributed by atoms with Crippen LogP contribution >= 0.6 is 0 Å². The van der Waals surface area contributed by atoms with Gasteiger partial charge in [0.15, 0.2) is 5.66 Å². The largest absolute Gasteiger partial charge is 0.497 e. The Labute approximate surface area is 267 Å². The highest BCUT2D eigenvalue weighted by Gasteiger charge is 2.53. The first-order chi connectivity index (χ1) is 22.4. The summed E-state index contributed by atoms with van der Waals surface area (Å²) in [6.45, 7) is 2.66. The molecule has 238 valence electrons. The van der Waals surface area contributed by atoms with E-state index in [9.17, 15) is 4.79 Å². The molecule has 6 rings (SSSR count). The average molecular weight is 622 g/mol. The summed E-state index contributed by atoms with van der Waals surface area (Å²) in [5.74, 6) is 0.597. The lowest BCUT2D eigenvalue weighted by atomic mass is 9.77. The first-order valence-electron chi connectivity index (χ1n) is 15.3. The molecule has 0 saturated carbocycles. The molecule has 2 atom stereocenters. The van der Waals surface area contributed by atoms with Crippen LogP contribution in [-0.4, -0.2) is 66.8 Å². The van der Waals surface area contributed by atoms with E-state index in [-0.39, 0.29) is 18.4 Å². The van der Waals surface area contributed by atoms with Crippen LogP contribution in [0.4, 0.5) is 0 Å². The van der Waals surface area contributed by atoms with E-state index in [0.29, 0.717) is 30.3 Å². The highest BCUT2D eigenvalue weighted by molar-refractivity contribution is 5.97. The monoisotopic (exact) mass is 621 g/mol. The number of hydrogen-bond acceptors (Lipinski definition) is 6. The van der Waals surface area contributed by atoms with Crippen LogP contribution in [0.15, 0.2) is 85.2 Å². The summed E-state index contributed by atoms with van der Waals surface area (Å²) >= 11 is 0. The van der Waals surface area contributed by atoms with Crippen LogP contribution in [0.25, 0.3) is 21.8 Å². The second-order valence-corrected chi connectivity index (χ2v) is 11.4. The molecule has 2 amide bonds. The van der Waals surface area contributed by atoms with Gasteiger partial charge in [0.25, 0.3) is 5.91 Å². The van der Waals surface area contributed by atoms with Gasteiger partial charge >= 0.3 is 0 Å². The number of nitrogens with one attached hydrogen (secondary N) is 4. The second-order valence-electron chi connectivity index (χ2n) is 11.4. The van der Waals surface area contributed by atoms with Gasteiger partial charge < -0.3 is 34.8 Å². The number of aromatic nitrogens is 2. The minimum absolute atomic E-state index is 0.180. The van der Waals surface area contributed by atoms with Crippen molar-refractivity contribution in [2.24, 2.45) is 0 Å². The molecule has 0 aliphatic carbocycles. The molecule has 46 heavy (non-hydrogen) atoms. The molecule has 0 fully saturated rings. The zero-order chi connectivity index (χ0) is 32.3. The number of para-hydroxylation sites is 1. The minimum atomic E-state index is -1.54. The maximum absolute atomic E-state index is 15.1. The Morgan fingerprint density at radius 1 is 0.848 bits per heavy atom. The van der Waals surface area contributed by atoms with Crippen LogP contribution < -0.4 is 24.8 Å². The van der Waals surface area contributed by atoms with Crippen LogP contribution in [-0.2, 0) is 16.1 Å². The van der Waals surface area contributed by atoms with Crippen molar-refractivity contribution in [2.45, 2.75) is 31.5 Å². The van der Waals surface area contributed by atoms with E-state index < -0.39 is 11.6 Å². The van der Waals surface area contributed by atoms with Gasteiger partial charge in [-0.3, -0.25) is 14.5 Å². The molecule has 1 aliphatic rings. The van der Waals surface area contributed by atoms with Gasteiger partial charge in [-0.15, -0.1) is 0 Å². The number of H-pyrrole nitrogens is 2. The SMILES string of the molecule is COc1cc(CNC(=O)C(NC(C)=O)(C(c2c[nH]c3ccccc23)c2c[nH]c3ccc(OC)cc23)N2CC=CCC2)cc(OC)c1. The summed E-state index contributed by atoms with van der Waals surface area (Å²) in [6, 6.07) is 19.3. The van der Waals surface area contributed by atoms with E-state index in [1.54, 1.807) is 27.4 Å². The van der Waals surface area contributed by atoms with E-state index in [4.69, 9.17) is 14.2 Å². The van der Waals surface area contributed by atoms with E-state index in [1.807, 2.05) is 73.1 Å². The van der Waals surface area contributed by atoms with Crippen molar-refractivity contribution < 1.29 is 23.8 Å². The lowest BCUT2D eigenvalue weighted by Gasteiger charge is -2.48. The summed E-state index contributed by atoms with van der Waals surface area (Å²) in [5, 5.41) is 8.25. The molecule has 5 aromatic rings. The van der Waals surface area contributed by atoms with Gasteiger partial charge in [0.2, 0.25) is 5.91 Å². The molecule has 2 unspecified atom stereocenters. The molecule has 2 aromatic heterocycles. The highest BCUT2D eigenvalue weighted by Crippen LogP contribution is 2.44. The van der Waals surface area contributed by atoms with Crippen molar-refractivity contribution >= 4 is 33.6 Å². The Bertz CT molecular complexity index is 1890. The van der Waals surface area contributed by atoms with Crippen molar-refractivity contribution in [3.8, 4) is 17.2 Å². The maximum Gasteiger partial charge on any atom is 0.262 e. The third-order valence-corrected chi connectivity index (χ3v) is 8.72. The smallest absolute Gasteiger partial charge is 0.262 e. The van der Waals surface area contributed by atoms with Crippen molar-refractivity contribution in [3.63, 3.8) is 0 Å². The Kier molecular flexibility index (Phi) is 8.72. The summed E-state index contributed by atoms with van der Waals surface area (Å²) in [7, 11) is 4.81. The lowest BCUT2D eigenvalue weighted by molar-refractivity contribution is -0.143. The molecule has 0 saturated heterocycles. The molecule has 10 nitrogen and oxygen atoms in total. The summed E-state index contributed by atoms with van der Waals surface area (Å²) in [6.07, 6.45) is 8.76. The fourth-order valence-electron chi connectivity index (χ4n) is 6.62. The third-order valence-electron chi connectivity index (χ3n) is 8.72. The van der Waals surface area contributed by atoms with Gasteiger partial charge in [0, 0.05) is 66.8 Å². The predicted molar refractivity (Wildman–Crippen MR) is 178 cm³/mol. The molecule has 3 heterocycles. The second kappa shape index (κ2) is 13.0. The molecule has 10 heteroatoms. The summed E-state index contributed by atoms with van der Waals surface area (Å²) in [5.41, 5.74) is 2.79. The Hall–Kier alpha value is -5.22. The average Bonchev–Trinajstić information content (AvgIpc) is 3.71. The fraction of sp³-hybridized carbons (Fsp3) is 0.278. The molecular weight excluding hydrogens is 582 g/mol. The number of methoxy groups -OCH3 is 3. The van der Waals surface area contributed by atoms with E-state index in [1.165, 1.54) is 6.92 Å². The number of rotatable bonds is 11. The number of aromatic amines is 2. The normalized spacial score (nSPS) is 15.3. The van der Waals surface area contributed by atoms with Crippen LogP contribution in [0.1, 0.15) is 36.0 Å². The number of carbonyl (C=O) groups excluding carboxylic acids is 2. The van der Waals surface area contributed by atoms with Crippen molar-refractivity contribution in [3.05, 3.63) is 102 Å². The van der Waals surface area contributed by atoms with Crippen LogP contribution in [0, 0.1) is 0 Å². The number of benzene rings is 3. The predicted octanol–water partition coefficient (Wildman–Crippen LogP) is 5.22. The molecule has 0 radical (unpaired) electrons. The minimum Gasteiger partial charge on any atom is -0.497 e. The van der Waals surface area contributed by atoms with Gasteiger partial charge in [0.05, 0.1) is 27.2 Å². The number of amides is 2. The number of fused-ring (bicyclic) bond motifs is 2. The Balaban J connectivity index is 1.58. The van der Waals surface area contributed by atoms with E-state index in [2.05, 4.69) is 31.6 Å². The zero-order valence-corrected chi connectivity index (χ0v) is 26.5.